The number of anilines is 1. The van der Waals surface area contributed by atoms with Crippen molar-refractivity contribution in [2.75, 3.05) is 5.73 Å². The molecular formula is C24H29NO2. The molecule has 3 N–H and O–H groups in total. The minimum atomic E-state index is -0.199. The number of aliphatic hydroxyl groups is 1. The van der Waals surface area contributed by atoms with Crippen molar-refractivity contribution in [3.05, 3.63) is 52.6 Å². The molecule has 0 radical (unpaired) electrons. The number of allylic oxidation sites excluding steroid dienone is 4. The quantitative estimate of drug-likeness (QED) is 0.721. The second kappa shape index (κ2) is 6.07. The second-order valence-electron chi connectivity index (χ2n) is 9.34. The van der Waals surface area contributed by atoms with Crippen LogP contribution in [-0.4, -0.2) is 17.0 Å². The van der Waals surface area contributed by atoms with Gasteiger partial charge in [0, 0.05) is 18.0 Å². The van der Waals surface area contributed by atoms with Crippen LogP contribution in [0.5, 0.6) is 0 Å². The molecule has 0 aromatic heterocycles. The van der Waals surface area contributed by atoms with Gasteiger partial charge in [-0.3, -0.25) is 4.79 Å². The Morgan fingerprint density at radius 3 is 2.63 bits per heavy atom. The number of ketones is 1. The summed E-state index contributed by atoms with van der Waals surface area (Å²) in [6, 6.07) is 8.33. The topological polar surface area (TPSA) is 63.3 Å². The normalized spacial score (nSPS) is 38.1. The van der Waals surface area contributed by atoms with Crippen LogP contribution in [0.3, 0.4) is 0 Å². The van der Waals surface area contributed by atoms with Crippen LogP contribution in [0.1, 0.15) is 63.4 Å². The zero-order chi connectivity index (χ0) is 18.8. The molecule has 1 aromatic carbocycles. The van der Waals surface area contributed by atoms with E-state index in [4.69, 9.17) is 5.73 Å². The lowest BCUT2D eigenvalue weighted by molar-refractivity contribution is -0.114. The predicted octanol–water partition coefficient (Wildman–Crippen LogP) is 4.53. The van der Waals surface area contributed by atoms with Crippen LogP contribution in [-0.2, 0) is 4.79 Å². The predicted molar refractivity (Wildman–Crippen MR) is 107 cm³/mol. The summed E-state index contributed by atoms with van der Waals surface area (Å²) < 4.78 is 0. The second-order valence-corrected chi connectivity index (χ2v) is 9.34. The number of hydrogen-bond acceptors (Lipinski definition) is 3. The summed E-state index contributed by atoms with van der Waals surface area (Å²) in [7, 11) is 0. The molecule has 27 heavy (non-hydrogen) atoms. The first kappa shape index (κ1) is 17.2. The number of rotatable bonds is 1. The number of fused-ring (bicyclic) bond motifs is 4. The van der Waals surface area contributed by atoms with Gasteiger partial charge in [-0.2, -0.15) is 0 Å². The van der Waals surface area contributed by atoms with E-state index in [0.717, 1.165) is 44.2 Å². The van der Waals surface area contributed by atoms with Crippen LogP contribution in [0, 0.1) is 17.3 Å². The van der Waals surface area contributed by atoms with Crippen molar-refractivity contribution in [1.82, 2.24) is 0 Å². The molecule has 2 fully saturated rings. The third-order valence-corrected chi connectivity index (χ3v) is 8.02. The van der Waals surface area contributed by atoms with E-state index in [1.807, 2.05) is 18.2 Å². The van der Waals surface area contributed by atoms with Crippen LogP contribution in [0.25, 0.3) is 0 Å². The number of nitrogen functional groups attached to an aromatic ring is 1. The molecule has 1 aromatic rings. The van der Waals surface area contributed by atoms with Crippen LogP contribution in [0.15, 0.2) is 47.1 Å². The van der Waals surface area contributed by atoms with Crippen molar-refractivity contribution in [2.24, 2.45) is 17.3 Å². The Morgan fingerprint density at radius 2 is 1.85 bits per heavy atom. The highest BCUT2D eigenvalue weighted by atomic mass is 16.3. The van der Waals surface area contributed by atoms with E-state index in [1.165, 1.54) is 16.7 Å². The molecule has 5 atom stereocenters. The van der Waals surface area contributed by atoms with Crippen molar-refractivity contribution in [2.45, 2.75) is 63.9 Å². The first-order valence-electron chi connectivity index (χ1n) is 10.5. The number of aliphatic hydroxyl groups excluding tert-OH is 1. The van der Waals surface area contributed by atoms with E-state index in [0.29, 0.717) is 24.2 Å². The molecule has 142 valence electrons. The van der Waals surface area contributed by atoms with Gasteiger partial charge in [0.05, 0.1) is 6.10 Å². The van der Waals surface area contributed by atoms with Crippen LogP contribution in [0.4, 0.5) is 5.69 Å². The maximum Gasteiger partial charge on any atom is 0.156 e. The van der Waals surface area contributed by atoms with E-state index in [9.17, 15) is 9.90 Å². The Hall–Kier alpha value is -1.87. The van der Waals surface area contributed by atoms with Crippen molar-refractivity contribution in [3.8, 4) is 0 Å². The highest BCUT2D eigenvalue weighted by Crippen LogP contribution is 2.63. The highest BCUT2D eigenvalue weighted by Gasteiger charge is 2.56. The minimum Gasteiger partial charge on any atom is -0.399 e. The average molecular weight is 364 g/mol. The van der Waals surface area contributed by atoms with Gasteiger partial charge in [-0.15, -0.1) is 0 Å². The minimum absolute atomic E-state index is 0.00746. The van der Waals surface area contributed by atoms with Gasteiger partial charge in [0.1, 0.15) is 0 Å². The molecule has 0 saturated heterocycles. The van der Waals surface area contributed by atoms with Crippen LogP contribution in [0.2, 0.25) is 0 Å². The summed E-state index contributed by atoms with van der Waals surface area (Å²) in [4.78, 5) is 12.0. The highest BCUT2D eigenvalue weighted by molar-refractivity contribution is 5.93. The fourth-order valence-electron chi connectivity index (χ4n) is 6.66. The molecule has 0 heterocycles. The van der Waals surface area contributed by atoms with E-state index >= 15 is 0 Å². The van der Waals surface area contributed by atoms with Gasteiger partial charge in [0.2, 0.25) is 0 Å². The zero-order valence-corrected chi connectivity index (χ0v) is 16.1. The van der Waals surface area contributed by atoms with Gasteiger partial charge < -0.3 is 10.8 Å². The summed E-state index contributed by atoms with van der Waals surface area (Å²) in [5.74, 6) is 1.73. The monoisotopic (exact) mass is 363 g/mol. The van der Waals surface area contributed by atoms with E-state index in [1.54, 1.807) is 5.57 Å². The lowest BCUT2D eigenvalue weighted by Crippen LogP contribution is -2.45. The number of nitrogens with two attached hydrogens (primary N) is 1. The number of carbonyl (C=O) groups excluding carboxylic acids is 1. The smallest absolute Gasteiger partial charge is 0.156 e. The fraction of sp³-hybridized carbons (Fsp3) is 0.542. The van der Waals surface area contributed by atoms with Crippen molar-refractivity contribution < 1.29 is 9.90 Å². The van der Waals surface area contributed by atoms with Crippen LogP contribution >= 0.6 is 0 Å². The molecule has 0 spiro atoms. The third kappa shape index (κ3) is 2.55. The molecule has 0 aliphatic heterocycles. The number of benzene rings is 1. The van der Waals surface area contributed by atoms with Crippen molar-refractivity contribution in [3.63, 3.8) is 0 Å². The molecule has 5 rings (SSSR count). The molecule has 0 amide bonds. The van der Waals surface area contributed by atoms with E-state index in [2.05, 4.69) is 19.1 Å². The molecular weight excluding hydrogens is 334 g/mol. The van der Waals surface area contributed by atoms with Gasteiger partial charge in [-0.1, -0.05) is 24.6 Å². The standard InChI is InChI=1S/C24H29NO2/c1-24-13-20(14-2-5-16(25)6-3-14)23-18-9-7-17(26)12-15(18)4-8-19(23)21(24)10-11-22(24)27/h2-3,5-6,12,19-22,27H,4,7-11,13,25H2,1H3/t19-,20+,21-,22?,24-/m0/s1. The Bertz CT molecular complexity index is 850. The largest absolute Gasteiger partial charge is 0.399 e. The lowest BCUT2D eigenvalue weighted by atomic mass is 9.53. The maximum absolute atomic E-state index is 12.0. The summed E-state index contributed by atoms with van der Waals surface area (Å²) in [6.07, 6.45) is 8.46. The number of hydrogen-bond donors (Lipinski definition) is 2. The van der Waals surface area contributed by atoms with Gasteiger partial charge in [0.15, 0.2) is 5.78 Å². The Balaban J connectivity index is 1.68. The summed E-state index contributed by atoms with van der Waals surface area (Å²) >= 11 is 0. The molecule has 0 bridgehead atoms. The molecule has 3 heteroatoms. The summed E-state index contributed by atoms with van der Waals surface area (Å²) in [5.41, 5.74) is 12.4. The van der Waals surface area contributed by atoms with E-state index in [-0.39, 0.29) is 17.3 Å². The lowest BCUT2D eigenvalue weighted by Gasteiger charge is -2.52. The molecule has 2 saturated carbocycles. The summed E-state index contributed by atoms with van der Waals surface area (Å²) in [5, 5.41) is 10.9. The fourth-order valence-corrected chi connectivity index (χ4v) is 6.66. The van der Waals surface area contributed by atoms with Gasteiger partial charge in [-0.05, 0) is 90.7 Å². The molecule has 1 unspecified atom stereocenters. The summed E-state index contributed by atoms with van der Waals surface area (Å²) in [6.45, 7) is 2.32. The Labute approximate surface area is 161 Å². The Kier molecular flexibility index (Phi) is 3.87. The molecule has 4 aliphatic rings. The maximum atomic E-state index is 12.0. The van der Waals surface area contributed by atoms with Crippen molar-refractivity contribution >= 4 is 11.5 Å². The molecule has 3 nitrogen and oxygen atoms in total. The van der Waals surface area contributed by atoms with Crippen molar-refractivity contribution in [1.29, 1.82) is 0 Å². The zero-order valence-electron chi connectivity index (χ0n) is 16.1. The third-order valence-electron chi connectivity index (χ3n) is 8.02. The number of carbonyl (C=O) groups is 1. The van der Waals surface area contributed by atoms with Gasteiger partial charge in [0.25, 0.3) is 0 Å². The first-order chi connectivity index (χ1) is 13.0. The molecule has 4 aliphatic carbocycles. The van der Waals surface area contributed by atoms with Gasteiger partial charge in [-0.25, -0.2) is 0 Å². The van der Waals surface area contributed by atoms with Gasteiger partial charge >= 0.3 is 0 Å². The Morgan fingerprint density at radius 1 is 1.07 bits per heavy atom. The van der Waals surface area contributed by atoms with E-state index < -0.39 is 0 Å². The SMILES string of the molecule is C[C@]12C[C@H](c3ccc(N)cc3)C3=C4CCC(=O)C=C4CC[C@H]3[C@@H]1CCC2O. The van der Waals surface area contributed by atoms with Crippen LogP contribution < -0.4 is 5.73 Å². The first-order valence-corrected chi connectivity index (χ1v) is 10.5. The average Bonchev–Trinajstić information content (AvgIpc) is 2.96.